The fraction of sp³-hybridized carbons (Fsp3) is 0.583. The van der Waals surface area contributed by atoms with E-state index in [0.717, 1.165) is 11.5 Å². The Kier molecular flexibility index (Phi) is 4.74. The van der Waals surface area contributed by atoms with Gasteiger partial charge in [-0.1, -0.05) is 11.6 Å². The molecule has 0 amide bonds. The van der Waals surface area contributed by atoms with Gasteiger partial charge in [0.05, 0.1) is 16.3 Å². The van der Waals surface area contributed by atoms with Crippen LogP contribution < -0.4 is 5.32 Å². The van der Waals surface area contributed by atoms with Gasteiger partial charge in [0.2, 0.25) is 0 Å². The molecule has 0 saturated carbocycles. The molecule has 0 radical (unpaired) electrons. The number of aromatic nitrogens is 1. The van der Waals surface area contributed by atoms with Crippen molar-refractivity contribution in [1.29, 1.82) is 0 Å². The van der Waals surface area contributed by atoms with Crippen LogP contribution in [0, 0.1) is 0 Å². The molecule has 4 nitrogen and oxygen atoms in total. The zero-order chi connectivity index (χ0) is 13.1. The first-order valence-electron chi connectivity index (χ1n) is 5.56. The largest absolute Gasteiger partial charge is 0.389 e. The summed E-state index contributed by atoms with van der Waals surface area (Å²) in [6.07, 6.45) is 0. The minimum Gasteiger partial charge on any atom is -0.389 e. The molecule has 1 aromatic heterocycles. The van der Waals surface area contributed by atoms with Gasteiger partial charge in [-0.3, -0.25) is 4.90 Å². The molecule has 1 heterocycles. The molecule has 17 heavy (non-hydrogen) atoms. The highest BCUT2D eigenvalue weighted by Gasteiger charge is 2.16. The summed E-state index contributed by atoms with van der Waals surface area (Å²) < 4.78 is 0. The van der Waals surface area contributed by atoms with Crippen molar-refractivity contribution in [2.45, 2.75) is 26.0 Å². The van der Waals surface area contributed by atoms with Gasteiger partial charge in [0.1, 0.15) is 5.82 Å². The number of hydrogen-bond acceptors (Lipinski definition) is 4. The molecule has 0 saturated heterocycles. The summed E-state index contributed by atoms with van der Waals surface area (Å²) in [5, 5.41) is 13.4. The van der Waals surface area contributed by atoms with Crippen LogP contribution in [0.5, 0.6) is 0 Å². The van der Waals surface area contributed by atoms with Crippen molar-refractivity contribution in [1.82, 2.24) is 9.88 Å². The second-order valence-corrected chi connectivity index (χ2v) is 5.27. The van der Waals surface area contributed by atoms with Crippen LogP contribution in [-0.2, 0) is 6.54 Å². The van der Waals surface area contributed by atoms with Crippen LogP contribution in [0.15, 0.2) is 12.1 Å². The van der Waals surface area contributed by atoms with Crippen molar-refractivity contribution in [2.75, 3.05) is 26.0 Å². The Bertz CT molecular complexity index is 377. The van der Waals surface area contributed by atoms with Gasteiger partial charge in [0, 0.05) is 20.1 Å². The molecule has 5 heteroatoms. The summed E-state index contributed by atoms with van der Waals surface area (Å²) in [5.41, 5.74) is 0.0900. The number of anilines is 1. The van der Waals surface area contributed by atoms with Crippen molar-refractivity contribution in [3.63, 3.8) is 0 Å². The highest BCUT2D eigenvalue weighted by molar-refractivity contribution is 6.31. The lowest BCUT2D eigenvalue weighted by Crippen LogP contribution is -2.36. The Morgan fingerprint density at radius 2 is 2.12 bits per heavy atom. The van der Waals surface area contributed by atoms with Crippen molar-refractivity contribution in [3.8, 4) is 0 Å². The van der Waals surface area contributed by atoms with Crippen LogP contribution in [-0.4, -0.2) is 41.2 Å². The number of pyridine rings is 1. The first kappa shape index (κ1) is 14.2. The average Bonchev–Trinajstić information content (AvgIpc) is 2.18. The van der Waals surface area contributed by atoms with E-state index in [1.807, 2.05) is 31.1 Å². The summed E-state index contributed by atoms with van der Waals surface area (Å²) in [6, 6.07) is 3.66. The molecule has 0 bridgehead atoms. The molecular weight excluding hydrogens is 238 g/mol. The fourth-order valence-corrected chi connectivity index (χ4v) is 1.87. The number of likely N-dealkylation sites (N-methyl/N-ethyl adjacent to an activating group) is 1. The first-order chi connectivity index (χ1) is 7.81. The van der Waals surface area contributed by atoms with E-state index in [1.54, 1.807) is 13.8 Å². The predicted octanol–water partition coefficient (Wildman–Crippen LogP) is 1.98. The molecular formula is C12H20ClN3O. The maximum Gasteiger partial charge on any atom is 0.126 e. The molecule has 96 valence electrons. The second kappa shape index (κ2) is 5.67. The molecule has 0 aliphatic heterocycles. The monoisotopic (exact) mass is 257 g/mol. The topological polar surface area (TPSA) is 48.4 Å². The maximum atomic E-state index is 9.73. The van der Waals surface area contributed by atoms with Crippen LogP contribution in [0.3, 0.4) is 0 Å². The molecule has 0 unspecified atom stereocenters. The Morgan fingerprint density at radius 1 is 1.47 bits per heavy atom. The van der Waals surface area contributed by atoms with E-state index >= 15 is 0 Å². The molecule has 1 rings (SSSR count). The molecule has 0 spiro atoms. The normalized spacial score (nSPS) is 11.9. The Balaban J connectivity index is 2.73. The third kappa shape index (κ3) is 4.89. The van der Waals surface area contributed by atoms with Crippen molar-refractivity contribution in [2.24, 2.45) is 0 Å². The molecule has 0 aliphatic carbocycles. The highest BCUT2D eigenvalue weighted by atomic mass is 35.5. The van der Waals surface area contributed by atoms with Crippen molar-refractivity contribution >= 4 is 17.4 Å². The first-order valence-corrected chi connectivity index (χ1v) is 5.94. The molecule has 0 aromatic carbocycles. The molecule has 1 aromatic rings. The number of hydrogen-bond donors (Lipinski definition) is 2. The van der Waals surface area contributed by atoms with E-state index in [4.69, 9.17) is 11.6 Å². The van der Waals surface area contributed by atoms with Crippen LogP contribution in [0.1, 0.15) is 19.5 Å². The third-order valence-corrected chi connectivity index (χ3v) is 2.60. The predicted molar refractivity (Wildman–Crippen MR) is 71.4 cm³/mol. The zero-order valence-electron chi connectivity index (χ0n) is 10.8. The lowest BCUT2D eigenvalue weighted by Gasteiger charge is -2.25. The maximum absolute atomic E-state index is 9.73. The van der Waals surface area contributed by atoms with Gasteiger partial charge in [-0.25, -0.2) is 4.98 Å². The highest BCUT2D eigenvalue weighted by Crippen LogP contribution is 2.18. The van der Waals surface area contributed by atoms with Gasteiger partial charge >= 0.3 is 0 Å². The summed E-state index contributed by atoms with van der Waals surface area (Å²) in [5.74, 6) is 0.793. The quantitative estimate of drug-likeness (QED) is 0.847. The number of aliphatic hydroxyl groups is 1. The van der Waals surface area contributed by atoms with Crippen LogP contribution in [0.4, 0.5) is 5.82 Å². The van der Waals surface area contributed by atoms with Gasteiger partial charge in [0.15, 0.2) is 0 Å². The zero-order valence-corrected chi connectivity index (χ0v) is 11.5. The third-order valence-electron chi connectivity index (χ3n) is 2.25. The van der Waals surface area contributed by atoms with E-state index in [2.05, 4.69) is 10.3 Å². The van der Waals surface area contributed by atoms with E-state index in [0.29, 0.717) is 18.1 Å². The average molecular weight is 258 g/mol. The molecule has 0 fully saturated rings. The van der Waals surface area contributed by atoms with E-state index in [9.17, 15) is 5.11 Å². The van der Waals surface area contributed by atoms with E-state index < -0.39 is 5.60 Å². The molecule has 0 atom stereocenters. The molecule has 0 aliphatic rings. The Hall–Kier alpha value is -0.840. The van der Waals surface area contributed by atoms with Gasteiger partial charge in [-0.2, -0.15) is 0 Å². The van der Waals surface area contributed by atoms with Gasteiger partial charge in [-0.05, 0) is 33.0 Å². The Labute approximate surface area is 108 Å². The van der Waals surface area contributed by atoms with Crippen LogP contribution in [0.2, 0.25) is 5.02 Å². The standard InChI is InChI=1S/C12H20ClN3O/c1-12(2,17)8-16(4)7-10-9(13)5-6-11(14-3)15-10/h5-6,17H,7-8H2,1-4H3,(H,14,15). The van der Waals surface area contributed by atoms with Crippen molar-refractivity contribution < 1.29 is 5.11 Å². The summed E-state index contributed by atoms with van der Waals surface area (Å²) in [7, 11) is 3.75. The number of halogens is 1. The van der Waals surface area contributed by atoms with E-state index in [-0.39, 0.29) is 0 Å². The van der Waals surface area contributed by atoms with Crippen LogP contribution in [0.25, 0.3) is 0 Å². The minimum atomic E-state index is -0.720. The summed E-state index contributed by atoms with van der Waals surface area (Å²) >= 11 is 6.09. The van der Waals surface area contributed by atoms with Gasteiger partial charge < -0.3 is 10.4 Å². The SMILES string of the molecule is CNc1ccc(Cl)c(CN(C)CC(C)(C)O)n1. The smallest absolute Gasteiger partial charge is 0.126 e. The minimum absolute atomic E-state index is 0.564. The lowest BCUT2D eigenvalue weighted by atomic mass is 10.1. The number of nitrogens with one attached hydrogen (secondary N) is 1. The number of nitrogens with zero attached hydrogens (tertiary/aromatic N) is 2. The van der Waals surface area contributed by atoms with Gasteiger partial charge in [0.25, 0.3) is 0 Å². The summed E-state index contributed by atoms with van der Waals surface area (Å²) in [6.45, 7) is 4.73. The Morgan fingerprint density at radius 3 is 2.65 bits per heavy atom. The summed E-state index contributed by atoms with van der Waals surface area (Å²) in [4.78, 5) is 6.39. The number of rotatable bonds is 5. The van der Waals surface area contributed by atoms with Crippen LogP contribution >= 0.6 is 11.6 Å². The van der Waals surface area contributed by atoms with E-state index in [1.165, 1.54) is 0 Å². The van der Waals surface area contributed by atoms with Gasteiger partial charge in [-0.15, -0.1) is 0 Å². The molecule has 2 N–H and O–H groups in total. The van der Waals surface area contributed by atoms with Crippen molar-refractivity contribution in [3.05, 3.63) is 22.8 Å². The second-order valence-electron chi connectivity index (χ2n) is 4.86. The lowest BCUT2D eigenvalue weighted by molar-refractivity contribution is 0.0422. The fourth-order valence-electron chi connectivity index (χ4n) is 1.71.